The van der Waals surface area contributed by atoms with Crippen molar-refractivity contribution < 1.29 is 4.79 Å². The van der Waals surface area contributed by atoms with Crippen molar-refractivity contribution in [1.29, 1.82) is 0 Å². The Morgan fingerprint density at radius 2 is 2.18 bits per heavy atom. The van der Waals surface area contributed by atoms with Crippen molar-refractivity contribution in [2.75, 3.05) is 5.75 Å². The van der Waals surface area contributed by atoms with Gasteiger partial charge in [-0.25, -0.2) is 5.43 Å². The quantitative estimate of drug-likeness (QED) is 0.472. The van der Waals surface area contributed by atoms with Gasteiger partial charge in [-0.1, -0.05) is 48.2 Å². The third-order valence-electron chi connectivity index (χ3n) is 2.37. The minimum atomic E-state index is -0.373. The van der Waals surface area contributed by atoms with Crippen LogP contribution in [0.1, 0.15) is 5.56 Å². The maximum Gasteiger partial charge on any atom is 0.283 e. The van der Waals surface area contributed by atoms with Gasteiger partial charge in [0, 0.05) is 6.21 Å². The maximum atomic E-state index is 11.5. The van der Waals surface area contributed by atoms with Crippen LogP contribution in [0.2, 0.25) is 0 Å². The lowest BCUT2D eigenvalue weighted by atomic mass is 10.2. The number of carbonyl (C=O) groups excluding carboxylic acids is 1. The fourth-order valence-corrected chi connectivity index (χ4v) is 2.03. The number of benzene rings is 1. The average Bonchev–Trinajstić information content (AvgIpc) is 2.55. The van der Waals surface area contributed by atoms with Gasteiger partial charge in [-0.15, -0.1) is 10.2 Å². The van der Waals surface area contributed by atoms with Gasteiger partial charge in [0.15, 0.2) is 5.03 Å². The summed E-state index contributed by atoms with van der Waals surface area (Å²) in [4.78, 5) is 25.2. The Labute approximate surface area is 130 Å². The zero-order valence-electron chi connectivity index (χ0n) is 11.5. The molecule has 0 fully saturated rings. The van der Waals surface area contributed by atoms with Gasteiger partial charge in [0.2, 0.25) is 5.91 Å². The van der Waals surface area contributed by atoms with Crippen molar-refractivity contribution in [2.24, 2.45) is 5.10 Å². The molecule has 0 bridgehead atoms. The number of carbonyl (C=O) groups is 1. The summed E-state index contributed by atoms with van der Waals surface area (Å²) in [5.41, 5.74) is 3.02. The smallest absolute Gasteiger partial charge is 0.283 e. The molecular weight excluding hydrogens is 302 g/mol. The average molecular weight is 315 g/mol. The second kappa shape index (κ2) is 8.53. The Morgan fingerprint density at radius 3 is 2.95 bits per heavy atom. The maximum absolute atomic E-state index is 11.5. The third-order valence-corrected chi connectivity index (χ3v) is 3.32. The van der Waals surface area contributed by atoms with Crippen molar-refractivity contribution in [3.8, 4) is 0 Å². The van der Waals surface area contributed by atoms with E-state index in [4.69, 9.17) is 0 Å². The lowest BCUT2D eigenvalue weighted by Gasteiger charge is -1.97. The number of allylic oxidation sites excluding steroid dienone is 1. The molecule has 1 aromatic heterocycles. The van der Waals surface area contributed by atoms with E-state index in [1.54, 1.807) is 6.08 Å². The summed E-state index contributed by atoms with van der Waals surface area (Å²) in [6, 6.07) is 9.72. The number of aromatic amines is 1. The van der Waals surface area contributed by atoms with E-state index in [1.807, 2.05) is 36.4 Å². The Hall–Kier alpha value is -2.74. The topological polar surface area (TPSA) is 100 Å². The Morgan fingerprint density at radius 1 is 1.36 bits per heavy atom. The molecule has 112 valence electrons. The fraction of sp³-hybridized carbons (Fsp3) is 0.0714. The molecule has 2 aromatic rings. The largest absolute Gasteiger partial charge is 0.309 e. The second-order valence-corrected chi connectivity index (χ2v) is 4.96. The monoisotopic (exact) mass is 315 g/mol. The van der Waals surface area contributed by atoms with Gasteiger partial charge in [0.1, 0.15) is 6.33 Å². The highest BCUT2D eigenvalue weighted by Gasteiger charge is 2.05. The molecule has 0 aliphatic carbocycles. The lowest BCUT2D eigenvalue weighted by Crippen LogP contribution is -2.21. The normalized spacial score (nSPS) is 11.1. The molecule has 7 nitrogen and oxygen atoms in total. The molecule has 2 N–H and O–H groups in total. The molecular formula is C14H13N5O2S. The summed E-state index contributed by atoms with van der Waals surface area (Å²) in [7, 11) is 0. The molecule has 22 heavy (non-hydrogen) atoms. The fourth-order valence-electron chi connectivity index (χ4n) is 1.41. The molecule has 0 saturated heterocycles. The molecule has 1 amide bonds. The van der Waals surface area contributed by atoms with Gasteiger partial charge in [-0.2, -0.15) is 5.10 Å². The molecule has 0 atom stereocenters. The Kier molecular flexibility index (Phi) is 6.06. The Bertz CT molecular complexity index is 727. The second-order valence-electron chi connectivity index (χ2n) is 3.99. The minimum absolute atomic E-state index is 0.0293. The molecule has 8 heteroatoms. The summed E-state index contributed by atoms with van der Waals surface area (Å²) in [5.74, 6) is -0.305. The zero-order valence-corrected chi connectivity index (χ0v) is 12.3. The predicted molar refractivity (Wildman–Crippen MR) is 85.5 cm³/mol. The highest BCUT2D eigenvalue weighted by Crippen LogP contribution is 2.07. The van der Waals surface area contributed by atoms with E-state index in [2.05, 4.69) is 25.7 Å². The number of aromatic nitrogens is 3. The molecule has 0 spiro atoms. The van der Waals surface area contributed by atoms with E-state index in [9.17, 15) is 9.59 Å². The number of hydrazone groups is 1. The molecule has 0 unspecified atom stereocenters. The first kappa shape index (κ1) is 15.6. The zero-order chi connectivity index (χ0) is 15.6. The van der Waals surface area contributed by atoms with Crippen LogP contribution in [0.5, 0.6) is 0 Å². The lowest BCUT2D eigenvalue weighted by molar-refractivity contribution is -0.118. The van der Waals surface area contributed by atoms with Crippen LogP contribution in [-0.4, -0.2) is 33.1 Å². The summed E-state index contributed by atoms with van der Waals surface area (Å²) in [6.45, 7) is 0. The summed E-state index contributed by atoms with van der Waals surface area (Å²) in [5, 5.41) is 11.1. The van der Waals surface area contributed by atoms with Crippen LogP contribution in [0.4, 0.5) is 0 Å². The molecule has 0 saturated carbocycles. The molecule has 0 radical (unpaired) electrons. The molecule has 0 aliphatic heterocycles. The SMILES string of the molecule is O=C(CSc1nnc[nH]c1=O)N/N=C/C=C/c1ccccc1. The molecule has 2 rings (SSSR count). The molecule has 1 heterocycles. The van der Waals surface area contributed by atoms with Crippen LogP contribution in [0, 0.1) is 0 Å². The number of hydrogen-bond acceptors (Lipinski definition) is 6. The highest BCUT2D eigenvalue weighted by atomic mass is 32.2. The van der Waals surface area contributed by atoms with Crippen molar-refractivity contribution in [1.82, 2.24) is 20.6 Å². The number of amides is 1. The van der Waals surface area contributed by atoms with Gasteiger partial charge in [0.05, 0.1) is 5.75 Å². The van der Waals surface area contributed by atoms with Crippen LogP contribution in [0.3, 0.4) is 0 Å². The van der Waals surface area contributed by atoms with Gasteiger partial charge in [-0.3, -0.25) is 9.59 Å². The standard InChI is InChI=1S/C14H13N5O2S/c20-12(9-22-14-13(21)15-10-17-19-14)18-16-8-4-7-11-5-2-1-3-6-11/h1-8,10H,9H2,(H,18,20)(H,15,17,21)/b7-4+,16-8+. The van der Waals surface area contributed by atoms with E-state index in [0.29, 0.717) is 0 Å². The number of nitrogens with zero attached hydrogens (tertiary/aromatic N) is 3. The highest BCUT2D eigenvalue weighted by molar-refractivity contribution is 7.99. The van der Waals surface area contributed by atoms with Crippen LogP contribution >= 0.6 is 11.8 Å². The summed E-state index contributed by atoms with van der Waals surface area (Å²) in [6.07, 6.45) is 6.25. The van der Waals surface area contributed by atoms with Crippen LogP contribution in [0.15, 0.2) is 57.7 Å². The first-order valence-corrected chi connectivity index (χ1v) is 7.31. The van der Waals surface area contributed by atoms with Crippen LogP contribution in [-0.2, 0) is 4.79 Å². The first-order chi connectivity index (χ1) is 10.8. The van der Waals surface area contributed by atoms with E-state index >= 15 is 0 Å². The third kappa shape index (κ3) is 5.33. The number of nitrogens with one attached hydrogen (secondary N) is 2. The van der Waals surface area contributed by atoms with Crippen molar-refractivity contribution >= 4 is 30.0 Å². The summed E-state index contributed by atoms with van der Waals surface area (Å²) >= 11 is 0.995. The molecule has 1 aromatic carbocycles. The van der Waals surface area contributed by atoms with Crippen molar-refractivity contribution in [2.45, 2.75) is 5.03 Å². The van der Waals surface area contributed by atoms with Gasteiger partial charge in [0.25, 0.3) is 5.56 Å². The molecule has 0 aliphatic rings. The van der Waals surface area contributed by atoms with Crippen molar-refractivity contribution in [3.05, 3.63) is 58.7 Å². The van der Waals surface area contributed by atoms with E-state index < -0.39 is 0 Å². The Balaban J connectivity index is 1.74. The van der Waals surface area contributed by atoms with Crippen molar-refractivity contribution in [3.63, 3.8) is 0 Å². The number of thioether (sulfide) groups is 1. The van der Waals surface area contributed by atoms with Crippen LogP contribution in [0.25, 0.3) is 6.08 Å². The minimum Gasteiger partial charge on any atom is -0.309 e. The number of rotatable bonds is 6. The van der Waals surface area contributed by atoms with Gasteiger partial charge < -0.3 is 4.98 Å². The van der Waals surface area contributed by atoms with Crippen LogP contribution < -0.4 is 11.0 Å². The van der Waals surface area contributed by atoms with E-state index in [-0.39, 0.29) is 22.2 Å². The predicted octanol–water partition coefficient (Wildman–Crippen LogP) is 1.07. The first-order valence-electron chi connectivity index (χ1n) is 6.32. The van der Waals surface area contributed by atoms with E-state index in [1.165, 1.54) is 12.5 Å². The van der Waals surface area contributed by atoms with Gasteiger partial charge >= 0.3 is 0 Å². The number of hydrogen-bond donors (Lipinski definition) is 2. The number of H-pyrrole nitrogens is 1. The van der Waals surface area contributed by atoms with Gasteiger partial charge in [-0.05, 0) is 11.6 Å². The summed E-state index contributed by atoms with van der Waals surface area (Å²) < 4.78 is 0. The van der Waals surface area contributed by atoms with E-state index in [0.717, 1.165) is 17.3 Å².